The van der Waals surface area contributed by atoms with Crippen molar-refractivity contribution in [2.75, 3.05) is 7.05 Å². The van der Waals surface area contributed by atoms with Crippen molar-refractivity contribution in [3.8, 4) is 10.4 Å². The minimum atomic E-state index is -0.235. The van der Waals surface area contributed by atoms with Gasteiger partial charge in [-0.25, -0.2) is 4.39 Å². The number of thiophene rings is 1. The van der Waals surface area contributed by atoms with Gasteiger partial charge in [0.2, 0.25) is 5.91 Å². The third-order valence-electron chi connectivity index (χ3n) is 2.41. The van der Waals surface area contributed by atoms with Gasteiger partial charge in [-0.05, 0) is 24.3 Å². The number of nitrogens with one attached hydrogen (secondary N) is 1. The molecular weight excluding hydrogens is 249 g/mol. The fourth-order valence-electron chi connectivity index (χ4n) is 1.49. The molecule has 1 N–H and O–H groups in total. The molecule has 0 unspecified atom stereocenters. The van der Waals surface area contributed by atoms with Gasteiger partial charge in [0, 0.05) is 28.4 Å². The van der Waals surface area contributed by atoms with Crippen LogP contribution in [0.2, 0.25) is 0 Å². The third kappa shape index (κ3) is 2.84. The zero-order valence-corrected chi connectivity index (χ0v) is 10.6. The Bertz CT molecular complexity index is 589. The van der Waals surface area contributed by atoms with Crippen LogP contribution in [0.5, 0.6) is 0 Å². The lowest BCUT2D eigenvalue weighted by Crippen LogP contribution is -2.13. The molecule has 0 saturated carbocycles. The van der Waals surface area contributed by atoms with Crippen molar-refractivity contribution in [2.24, 2.45) is 0 Å². The lowest BCUT2D eigenvalue weighted by Gasteiger charge is -1.97. The van der Waals surface area contributed by atoms with E-state index in [9.17, 15) is 9.18 Å². The number of halogens is 1. The minimum absolute atomic E-state index is 0.157. The largest absolute Gasteiger partial charge is 0.356 e. The number of carbonyl (C=O) groups excluding carboxylic acids is 1. The normalized spacial score (nSPS) is 10.8. The Morgan fingerprint density at radius 2 is 2.06 bits per heavy atom. The Kier molecular flexibility index (Phi) is 3.89. The number of hydrogen-bond acceptors (Lipinski definition) is 2. The molecule has 2 aromatic rings. The first-order chi connectivity index (χ1) is 8.70. The van der Waals surface area contributed by atoms with E-state index >= 15 is 0 Å². The predicted molar refractivity (Wildman–Crippen MR) is 72.8 cm³/mol. The van der Waals surface area contributed by atoms with E-state index in [0.29, 0.717) is 5.56 Å². The Hall–Kier alpha value is -1.94. The lowest BCUT2D eigenvalue weighted by atomic mass is 10.2. The van der Waals surface area contributed by atoms with Crippen LogP contribution in [-0.4, -0.2) is 13.0 Å². The highest BCUT2D eigenvalue weighted by Crippen LogP contribution is 2.30. The summed E-state index contributed by atoms with van der Waals surface area (Å²) < 4.78 is 13.6. The third-order valence-corrected chi connectivity index (χ3v) is 3.50. The first-order valence-electron chi connectivity index (χ1n) is 5.45. The standard InChI is InChI=1S/C14H12FNOS/c1-16-14(17)9-7-10-6-8-13(18-10)11-4-2-3-5-12(11)15/h2-9H,1H3,(H,16,17)/b9-7+. The average Bonchev–Trinajstić information content (AvgIpc) is 2.85. The van der Waals surface area contributed by atoms with Crippen LogP contribution in [0.25, 0.3) is 16.5 Å². The maximum atomic E-state index is 13.6. The van der Waals surface area contributed by atoms with Crippen LogP contribution in [0.15, 0.2) is 42.5 Å². The molecule has 0 aliphatic rings. The van der Waals surface area contributed by atoms with Crippen molar-refractivity contribution >= 4 is 23.3 Å². The topological polar surface area (TPSA) is 29.1 Å². The van der Waals surface area contributed by atoms with Gasteiger partial charge < -0.3 is 5.32 Å². The van der Waals surface area contributed by atoms with E-state index in [4.69, 9.17) is 0 Å². The van der Waals surface area contributed by atoms with Gasteiger partial charge in [0.05, 0.1) is 0 Å². The Morgan fingerprint density at radius 3 is 2.78 bits per heavy atom. The zero-order valence-electron chi connectivity index (χ0n) is 9.81. The van der Waals surface area contributed by atoms with Crippen LogP contribution >= 0.6 is 11.3 Å². The summed E-state index contributed by atoms with van der Waals surface area (Å²) in [7, 11) is 1.58. The van der Waals surface area contributed by atoms with Crippen molar-refractivity contribution in [1.29, 1.82) is 0 Å². The maximum Gasteiger partial charge on any atom is 0.243 e. The van der Waals surface area contributed by atoms with Crippen molar-refractivity contribution in [1.82, 2.24) is 5.32 Å². The molecule has 1 aromatic heterocycles. The number of likely N-dealkylation sites (N-methyl/N-ethyl adjacent to an activating group) is 1. The van der Waals surface area contributed by atoms with Gasteiger partial charge in [-0.3, -0.25) is 4.79 Å². The summed E-state index contributed by atoms with van der Waals surface area (Å²) in [5.74, 6) is -0.392. The van der Waals surface area contributed by atoms with Gasteiger partial charge in [-0.1, -0.05) is 18.2 Å². The molecule has 0 fully saturated rings. The molecule has 1 aromatic carbocycles. The van der Waals surface area contributed by atoms with Crippen molar-refractivity contribution in [2.45, 2.75) is 0 Å². The van der Waals surface area contributed by atoms with E-state index in [-0.39, 0.29) is 11.7 Å². The molecule has 1 amide bonds. The van der Waals surface area contributed by atoms with Crippen LogP contribution in [0, 0.1) is 5.82 Å². The highest BCUT2D eigenvalue weighted by atomic mass is 32.1. The van der Waals surface area contributed by atoms with E-state index in [0.717, 1.165) is 9.75 Å². The van der Waals surface area contributed by atoms with Gasteiger partial charge in [0.25, 0.3) is 0 Å². The van der Waals surface area contributed by atoms with Crippen molar-refractivity contribution in [3.05, 3.63) is 53.2 Å². The maximum absolute atomic E-state index is 13.6. The molecule has 0 saturated heterocycles. The molecule has 4 heteroatoms. The molecule has 0 radical (unpaired) electrons. The van der Waals surface area contributed by atoms with Crippen LogP contribution in [0.4, 0.5) is 4.39 Å². The number of hydrogen-bond donors (Lipinski definition) is 1. The quantitative estimate of drug-likeness (QED) is 0.844. The van der Waals surface area contributed by atoms with Gasteiger partial charge >= 0.3 is 0 Å². The van der Waals surface area contributed by atoms with Gasteiger partial charge in [-0.2, -0.15) is 0 Å². The Balaban J connectivity index is 2.24. The lowest BCUT2D eigenvalue weighted by molar-refractivity contribution is -0.115. The molecule has 18 heavy (non-hydrogen) atoms. The summed E-state index contributed by atoms with van der Waals surface area (Å²) in [6.07, 6.45) is 3.17. The van der Waals surface area contributed by atoms with Crippen LogP contribution in [0.3, 0.4) is 0 Å². The van der Waals surface area contributed by atoms with Gasteiger partial charge in [0.15, 0.2) is 0 Å². The molecular formula is C14H12FNOS. The van der Waals surface area contributed by atoms with Crippen LogP contribution in [-0.2, 0) is 4.79 Å². The second kappa shape index (κ2) is 5.60. The Morgan fingerprint density at radius 1 is 1.28 bits per heavy atom. The second-order valence-electron chi connectivity index (χ2n) is 3.63. The molecule has 0 aliphatic heterocycles. The monoisotopic (exact) mass is 261 g/mol. The number of carbonyl (C=O) groups is 1. The highest BCUT2D eigenvalue weighted by Gasteiger charge is 2.06. The number of rotatable bonds is 3. The van der Waals surface area contributed by atoms with E-state index in [1.54, 1.807) is 31.3 Å². The van der Waals surface area contributed by atoms with Gasteiger partial charge in [0.1, 0.15) is 5.82 Å². The minimum Gasteiger partial charge on any atom is -0.356 e. The molecule has 1 heterocycles. The van der Waals surface area contributed by atoms with Crippen LogP contribution < -0.4 is 5.32 Å². The summed E-state index contributed by atoms with van der Waals surface area (Å²) >= 11 is 1.45. The van der Waals surface area contributed by atoms with E-state index < -0.39 is 0 Å². The second-order valence-corrected chi connectivity index (χ2v) is 4.74. The number of amides is 1. The Labute approximate surface area is 109 Å². The molecule has 92 valence electrons. The van der Waals surface area contributed by atoms with Gasteiger partial charge in [-0.15, -0.1) is 11.3 Å². The molecule has 0 spiro atoms. The molecule has 0 aliphatic carbocycles. The molecule has 0 atom stereocenters. The van der Waals surface area contributed by atoms with Crippen LogP contribution in [0.1, 0.15) is 4.88 Å². The zero-order chi connectivity index (χ0) is 13.0. The van der Waals surface area contributed by atoms with E-state index in [1.807, 2.05) is 12.1 Å². The molecule has 2 rings (SSSR count). The summed E-state index contributed by atoms with van der Waals surface area (Å²) in [6, 6.07) is 10.4. The summed E-state index contributed by atoms with van der Waals surface area (Å²) in [6.45, 7) is 0. The first-order valence-corrected chi connectivity index (χ1v) is 6.27. The van der Waals surface area contributed by atoms with Crippen molar-refractivity contribution in [3.63, 3.8) is 0 Å². The smallest absolute Gasteiger partial charge is 0.243 e. The number of benzene rings is 1. The molecule has 2 nitrogen and oxygen atoms in total. The first kappa shape index (κ1) is 12.5. The summed E-state index contributed by atoms with van der Waals surface area (Å²) in [5.41, 5.74) is 0.585. The van der Waals surface area contributed by atoms with E-state index in [2.05, 4.69) is 5.32 Å². The predicted octanol–water partition coefficient (Wildman–Crippen LogP) is 3.31. The summed E-state index contributed by atoms with van der Waals surface area (Å²) in [5, 5.41) is 2.50. The average molecular weight is 261 g/mol. The fraction of sp³-hybridized carbons (Fsp3) is 0.0714. The fourth-order valence-corrected chi connectivity index (χ4v) is 2.43. The highest BCUT2D eigenvalue weighted by molar-refractivity contribution is 7.16. The van der Waals surface area contributed by atoms with Crippen molar-refractivity contribution < 1.29 is 9.18 Å². The molecule has 0 bridgehead atoms. The van der Waals surface area contributed by atoms with E-state index in [1.165, 1.54) is 23.5 Å². The SMILES string of the molecule is CNC(=O)/C=C/c1ccc(-c2ccccc2F)s1. The summed E-state index contributed by atoms with van der Waals surface area (Å²) in [4.78, 5) is 12.8.